The van der Waals surface area contributed by atoms with Crippen molar-refractivity contribution in [1.82, 2.24) is 4.98 Å². The van der Waals surface area contributed by atoms with E-state index in [1.54, 1.807) is 36.5 Å². The molecule has 1 aromatic heterocycles. The molecule has 0 saturated carbocycles. The number of aromatic nitrogens is 1. The first kappa shape index (κ1) is 18.1. The molecule has 0 spiro atoms. The van der Waals surface area contributed by atoms with Crippen LogP contribution >= 0.6 is 15.9 Å². The fourth-order valence-electron chi connectivity index (χ4n) is 2.78. The molecule has 138 valence electrons. The lowest BCUT2D eigenvalue weighted by atomic mass is 10.1. The zero-order chi connectivity index (χ0) is 19.5. The Morgan fingerprint density at radius 3 is 2.57 bits per heavy atom. The number of amides is 1. The molecule has 0 unspecified atom stereocenters. The van der Waals surface area contributed by atoms with E-state index < -0.39 is 0 Å². The van der Waals surface area contributed by atoms with Crippen LogP contribution in [0.3, 0.4) is 0 Å². The molecule has 4 rings (SSSR count). The number of hydrogen-bond donors (Lipinski definition) is 1. The van der Waals surface area contributed by atoms with E-state index in [-0.39, 0.29) is 11.7 Å². The summed E-state index contributed by atoms with van der Waals surface area (Å²) < 4.78 is 19.8. The van der Waals surface area contributed by atoms with Crippen molar-refractivity contribution in [3.63, 3.8) is 0 Å². The van der Waals surface area contributed by atoms with E-state index in [1.165, 1.54) is 12.1 Å². The molecule has 0 bridgehead atoms. The number of anilines is 1. The van der Waals surface area contributed by atoms with Crippen molar-refractivity contribution in [2.24, 2.45) is 0 Å². The average molecular weight is 437 g/mol. The maximum atomic E-state index is 13.1. The van der Waals surface area contributed by atoms with Gasteiger partial charge in [-0.25, -0.2) is 9.37 Å². The first-order valence-corrected chi connectivity index (χ1v) is 9.27. The van der Waals surface area contributed by atoms with E-state index in [1.807, 2.05) is 30.3 Å². The van der Waals surface area contributed by atoms with E-state index in [2.05, 4.69) is 26.2 Å². The van der Waals surface area contributed by atoms with Crippen LogP contribution in [0.2, 0.25) is 0 Å². The molecule has 6 heteroatoms. The molecule has 1 amide bonds. The topological polar surface area (TPSA) is 55.1 Å². The minimum atomic E-state index is -0.321. The smallest absolute Gasteiger partial charge is 0.256 e. The van der Waals surface area contributed by atoms with Crippen molar-refractivity contribution >= 4 is 27.5 Å². The molecule has 1 N–H and O–H groups in total. The van der Waals surface area contributed by atoms with Crippen LogP contribution in [0.5, 0.6) is 0 Å². The largest absolute Gasteiger partial charge is 0.436 e. The third kappa shape index (κ3) is 3.87. The van der Waals surface area contributed by atoms with E-state index >= 15 is 0 Å². The van der Waals surface area contributed by atoms with Gasteiger partial charge in [0.25, 0.3) is 5.91 Å². The maximum absolute atomic E-state index is 13.1. The lowest BCUT2D eigenvalue weighted by Gasteiger charge is -2.08. The molecule has 0 saturated heterocycles. The Hall–Kier alpha value is -3.25. The third-order valence-electron chi connectivity index (χ3n) is 4.12. The summed E-state index contributed by atoms with van der Waals surface area (Å²) in [5.41, 5.74) is 2.39. The van der Waals surface area contributed by atoms with Crippen LogP contribution in [0.1, 0.15) is 10.4 Å². The molecular weight excluding hydrogens is 423 g/mol. The van der Waals surface area contributed by atoms with Crippen molar-refractivity contribution in [1.29, 1.82) is 0 Å². The normalized spacial score (nSPS) is 10.6. The van der Waals surface area contributed by atoms with Crippen molar-refractivity contribution in [3.05, 3.63) is 94.8 Å². The molecule has 4 aromatic rings. The molecule has 0 radical (unpaired) electrons. The summed E-state index contributed by atoms with van der Waals surface area (Å²) in [5.74, 6) is 0.227. The van der Waals surface area contributed by atoms with Gasteiger partial charge >= 0.3 is 0 Å². The van der Waals surface area contributed by atoms with Gasteiger partial charge in [0.2, 0.25) is 5.89 Å². The van der Waals surface area contributed by atoms with E-state index in [4.69, 9.17) is 4.42 Å². The summed E-state index contributed by atoms with van der Waals surface area (Å²) in [7, 11) is 0. The third-order valence-corrected chi connectivity index (χ3v) is 4.61. The van der Waals surface area contributed by atoms with Gasteiger partial charge in [-0.3, -0.25) is 4.79 Å². The Morgan fingerprint density at radius 1 is 1.00 bits per heavy atom. The minimum Gasteiger partial charge on any atom is -0.436 e. The Labute approximate surface area is 169 Å². The summed E-state index contributed by atoms with van der Waals surface area (Å²) >= 11 is 3.39. The van der Waals surface area contributed by atoms with Crippen molar-refractivity contribution < 1.29 is 13.6 Å². The Balaban J connectivity index is 1.65. The molecule has 0 aliphatic carbocycles. The van der Waals surface area contributed by atoms with Crippen molar-refractivity contribution in [3.8, 4) is 22.8 Å². The molecule has 4 nitrogen and oxygen atoms in total. The quantitative estimate of drug-likeness (QED) is 0.416. The summed E-state index contributed by atoms with van der Waals surface area (Å²) in [6, 6.07) is 20.4. The van der Waals surface area contributed by atoms with Crippen LogP contribution in [-0.4, -0.2) is 10.9 Å². The second-order valence-corrected chi connectivity index (χ2v) is 6.96. The fourth-order valence-corrected chi connectivity index (χ4v) is 3.18. The zero-order valence-corrected chi connectivity index (χ0v) is 16.1. The molecule has 1 heterocycles. The zero-order valence-electron chi connectivity index (χ0n) is 14.5. The number of rotatable bonds is 4. The molecule has 0 atom stereocenters. The number of carbonyl (C=O) groups excluding carboxylic acids is 1. The first-order chi connectivity index (χ1) is 13.6. The number of nitrogens with one attached hydrogen (secondary N) is 1. The van der Waals surface area contributed by atoms with Crippen LogP contribution in [-0.2, 0) is 0 Å². The standard InChI is InChI=1S/C22H14BrFN2O2/c23-15-4-3-5-17(12-15)26-21(27)18-6-1-2-7-19(18)22-25-13-20(28-22)14-8-10-16(24)11-9-14/h1-13H,(H,26,27). The second-order valence-electron chi connectivity index (χ2n) is 6.05. The number of benzene rings is 3. The van der Waals surface area contributed by atoms with Gasteiger partial charge in [-0.15, -0.1) is 0 Å². The first-order valence-electron chi connectivity index (χ1n) is 8.48. The maximum Gasteiger partial charge on any atom is 0.256 e. The predicted molar refractivity (Wildman–Crippen MR) is 109 cm³/mol. The highest BCUT2D eigenvalue weighted by molar-refractivity contribution is 9.10. The number of oxazole rings is 1. The summed E-state index contributed by atoms with van der Waals surface area (Å²) in [4.78, 5) is 17.1. The lowest BCUT2D eigenvalue weighted by molar-refractivity contribution is 0.102. The Morgan fingerprint density at radius 2 is 1.79 bits per heavy atom. The summed E-state index contributed by atoms with van der Waals surface area (Å²) in [5, 5.41) is 2.87. The van der Waals surface area contributed by atoms with Gasteiger partial charge in [0.15, 0.2) is 5.76 Å². The number of carbonyl (C=O) groups is 1. The fraction of sp³-hybridized carbons (Fsp3) is 0. The number of hydrogen-bond acceptors (Lipinski definition) is 3. The summed E-state index contributed by atoms with van der Waals surface area (Å²) in [6.07, 6.45) is 1.56. The lowest BCUT2D eigenvalue weighted by Crippen LogP contribution is -2.13. The van der Waals surface area contributed by atoms with E-state index in [9.17, 15) is 9.18 Å². The van der Waals surface area contributed by atoms with Crippen LogP contribution < -0.4 is 5.32 Å². The second kappa shape index (κ2) is 7.78. The summed E-state index contributed by atoms with van der Waals surface area (Å²) in [6.45, 7) is 0. The molecule has 3 aromatic carbocycles. The molecular formula is C22H14BrFN2O2. The van der Waals surface area contributed by atoms with Gasteiger partial charge in [-0.05, 0) is 54.6 Å². The van der Waals surface area contributed by atoms with Crippen molar-refractivity contribution in [2.75, 3.05) is 5.32 Å². The van der Waals surface area contributed by atoms with Gasteiger partial charge in [-0.1, -0.05) is 34.1 Å². The van der Waals surface area contributed by atoms with Gasteiger partial charge < -0.3 is 9.73 Å². The monoisotopic (exact) mass is 436 g/mol. The highest BCUT2D eigenvalue weighted by atomic mass is 79.9. The van der Waals surface area contributed by atoms with Gasteiger partial charge in [-0.2, -0.15) is 0 Å². The van der Waals surface area contributed by atoms with Gasteiger partial charge in [0.05, 0.1) is 11.8 Å². The highest BCUT2D eigenvalue weighted by Crippen LogP contribution is 2.29. The number of halogens is 2. The SMILES string of the molecule is O=C(Nc1cccc(Br)c1)c1ccccc1-c1ncc(-c2ccc(F)cc2)o1. The van der Waals surface area contributed by atoms with Gasteiger partial charge in [0.1, 0.15) is 5.82 Å². The van der Waals surface area contributed by atoms with Crippen LogP contribution in [0, 0.1) is 5.82 Å². The van der Waals surface area contributed by atoms with Crippen LogP contribution in [0.4, 0.5) is 10.1 Å². The molecule has 28 heavy (non-hydrogen) atoms. The minimum absolute atomic E-state index is 0.268. The Kier molecular flexibility index (Phi) is 5.04. The number of nitrogens with zero attached hydrogens (tertiary/aromatic N) is 1. The van der Waals surface area contributed by atoms with E-state index in [0.29, 0.717) is 34.0 Å². The van der Waals surface area contributed by atoms with Crippen LogP contribution in [0.15, 0.2) is 87.9 Å². The molecule has 0 aliphatic rings. The van der Waals surface area contributed by atoms with E-state index in [0.717, 1.165) is 4.47 Å². The Bertz CT molecular complexity index is 1140. The van der Waals surface area contributed by atoms with Crippen LogP contribution in [0.25, 0.3) is 22.8 Å². The predicted octanol–water partition coefficient (Wildman–Crippen LogP) is 6.16. The molecule has 0 fully saturated rings. The average Bonchev–Trinajstić information content (AvgIpc) is 3.18. The molecule has 0 aliphatic heterocycles. The van der Waals surface area contributed by atoms with Crippen molar-refractivity contribution in [2.45, 2.75) is 0 Å². The highest BCUT2D eigenvalue weighted by Gasteiger charge is 2.17. The van der Waals surface area contributed by atoms with Gasteiger partial charge in [0, 0.05) is 21.3 Å².